The van der Waals surface area contributed by atoms with Gasteiger partial charge < -0.3 is 16.4 Å². The summed E-state index contributed by atoms with van der Waals surface area (Å²) < 4.78 is 31.6. The monoisotopic (exact) mass is 285 g/mol. The molecule has 0 saturated carbocycles. The second kappa shape index (κ2) is 12.5. The lowest BCUT2D eigenvalue weighted by atomic mass is 10.1. The minimum Gasteiger partial charge on any atom is -0.366 e. The van der Waals surface area contributed by atoms with Crippen molar-refractivity contribution in [1.29, 1.82) is 0 Å². The number of carbonyl (C=O) groups is 1. The summed E-state index contributed by atoms with van der Waals surface area (Å²) in [6.07, 6.45) is 1.40. The van der Waals surface area contributed by atoms with Crippen LogP contribution in [0.2, 0.25) is 0 Å². The number of carbonyl (C=O) groups excluding carboxylic acids is 1. The molecule has 0 aromatic rings. The lowest BCUT2D eigenvalue weighted by Gasteiger charge is -1.96. The lowest BCUT2D eigenvalue weighted by molar-refractivity contribution is -0.114. The average molecular weight is 285 g/mol. The molecule has 0 heterocycles. The summed E-state index contributed by atoms with van der Waals surface area (Å²) in [4.78, 5) is 12.3. The minimum absolute atomic E-state index is 0.427. The van der Waals surface area contributed by atoms with Crippen LogP contribution in [0.1, 0.15) is 12.8 Å². The van der Waals surface area contributed by atoms with Gasteiger partial charge in [-0.15, -0.1) is 0 Å². The molecule has 0 spiro atoms. The summed E-state index contributed by atoms with van der Waals surface area (Å²) in [7, 11) is 1.33. The zero-order valence-electron chi connectivity index (χ0n) is 11.0. The third kappa shape index (κ3) is 60.0. The molecule has 0 saturated heterocycles. The van der Waals surface area contributed by atoms with Gasteiger partial charge in [-0.25, -0.2) is 0 Å². The average Bonchev–Trinajstić information content (AvgIpc) is 2.10. The van der Waals surface area contributed by atoms with Crippen molar-refractivity contribution in [3.63, 3.8) is 0 Å². The van der Waals surface area contributed by atoms with E-state index in [1.54, 1.807) is 0 Å². The molecule has 0 aliphatic heterocycles. The molecular formula is C9H23N3O5S. The summed E-state index contributed by atoms with van der Waals surface area (Å²) in [5, 5.41) is 0. The first-order valence-electron chi connectivity index (χ1n) is 4.90. The molecule has 0 aliphatic rings. The number of primary amides is 1. The van der Waals surface area contributed by atoms with Gasteiger partial charge in [0, 0.05) is 5.57 Å². The number of amides is 1. The van der Waals surface area contributed by atoms with Crippen LogP contribution in [0.25, 0.3) is 0 Å². The second-order valence-corrected chi connectivity index (χ2v) is 4.55. The van der Waals surface area contributed by atoms with E-state index in [0.717, 1.165) is 6.42 Å². The molecule has 8 nitrogen and oxygen atoms in total. The molecule has 0 aromatic carbocycles. The van der Waals surface area contributed by atoms with E-state index in [1.807, 2.05) is 26.0 Å². The van der Waals surface area contributed by atoms with Crippen molar-refractivity contribution in [2.45, 2.75) is 12.8 Å². The predicted molar refractivity (Wildman–Crippen MR) is 70.4 cm³/mol. The van der Waals surface area contributed by atoms with Crippen LogP contribution in [0.4, 0.5) is 0 Å². The topological polar surface area (TPSA) is 147 Å². The van der Waals surface area contributed by atoms with Crippen LogP contribution in [0.3, 0.4) is 0 Å². The van der Waals surface area contributed by atoms with E-state index >= 15 is 0 Å². The van der Waals surface area contributed by atoms with E-state index in [-0.39, 0.29) is 0 Å². The van der Waals surface area contributed by atoms with E-state index in [9.17, 15) is 4.79 Å². The Labute approximate surface area is 108 Å². The smallest absolute Gasteiger partial charge is 0.366 e. The van der Waals surface area contributed by atoms with Gasteiger partial charge in [0.1, 0.15) is 0 Å². The molecule has 0 radical (unpaired) electrons. The first-order chi connectivity index (χ1) is 7.91. The van der Waals surface area contributed by atoms with E-state index in [0.29, 0.717) is 18.5 Å². The third-order valence-corrected chi connectivity index (χ3v) is 1.03. The van der Waals surface area contributed by atoms with Gasteiger partial charge in [-0.05, 0) is 40.5 Å². The van der Waals surface area contributed by atoms with Crippen molar-refractivity contribution in [1.82, 2.24) is 4.90 Å². The molecule has 9 heteroatoms. The van der Waals surface area contributed by atoms with E-state index in [1.165, 1.54) is 0 Å². The van der Waals surface area contributed by atoms with Crippen LogP contribution in [0.5, 0.6) is 0 Å². The van der Waals surface area contributed by atoms with Gasteiger partial charge in [-0.1, -0.05) is 6.58 Å². The van der Waals surface area contributed by atoms with Gasteiger partial charge in [0.2, 0.25) is 5.91 Å². The van der Waals surface area contributed by atoms with Crippen molar-refractivity contribution in [3.05, 3.63) is 12.2 Å². The van der Waals surface area contributed by atoms with Gasteiger partial charge in [-0.3, -0.25) is 13.9 Å². The molecule has 0 fully saturated rings. The maximum atomic E-state index is 10.3. The first kappa shape index (κ1) is 22.2. The van der Waals surface area contributed by atoms with Crippen molar-refractivity contribution in [2.75, 3.05) is 27.7 Å². The molecular weight excluding hydrogens is 262 g/mol. The quantitative estimate of drug-likeness (QED) is 0.394. The number of hydrogen-bond acceptors (Lipinski definition) is 5. The third-order valence-electron chi connectivity index (χ3n) is 1.03. The Morgan fingerprint density at radius 3 is 1.72 bits per heavy atom. The molecule has 18 heavy (non-hydrogen) atoms. The van der Waals surface area contributed by atoms with Crippen LogP contribution in [0.15, 0.2) is 12.2 Å². The van der Waals surface area contributed by atoms with Gasteiger partial charge in [0.05, 0.1) is 0 Å². The molecule has 0 unspecified atom stereocenters. The van der Waals surface area contributed by atoms with Gasteiger partial charge in [0.15, 0.2) is 0 Å². The Morgan fingerprint density at radius 1 is 1.28 bits per heavy atom. The fourth-order valence-corrected chi connectivity index (χ4v) is 0.439. The molecule has 0 bridgehead atoms. The van der Waals surface area contributed by atoms with Crippen LogP contribution in [0, 0.1) is 0 Å². The Kier molecular flexibility index (Phi) is 15.4. The highest BCUT2D eigenvalue weighted by Crippen LogP contribution is 1.98. The van der Waals surface area contributed by atoms with Crippen molar-refractivity contribution < 1.29 is 22.3 Å². The highest BCUT2D eigenvalue weighted by molar-refractivity contribution is 7.79. The Balaban J connectivity index is -0.000000212. The van der Waals surface area contributed by atoms with Crippen LogP contribution in [-0.4, -0.2) is 56.0 Å². The van der Waals surface area contributed by atoms with E-state index in [2.05, 4.69) is 6.58 Å². The highest BCUT2D eigenvalue weighted by Gasteiger charge is 1.98. The highest BCUT2D eigenvalue weighted by atomic mass is 32.3. The Bertz CT molecular complexity index is 316. The number of nitrogens with two attached hydrogens (primary N) is 2. The van der Waals surface area contributed by atoms with Gasteiger partial charge in [0.25, 0.3) is 0 Å². The van der Waals surface area contributed by atoms with Crippen molar-refractivity contribution in [2.24, 2.45) is 11.5 Å². The van der Waals surface area contributed by atoms with Crippen LogP contribution in [-0.2, 0) is 15.2 Å². The molecule has 6 N–H and O–H groups in total. The van der Waals surface area contributed by atoms with Crippen LogP contribution >= 0.6 is 0 Å². The first-order valence-corrected chi connectivity index (χ1v) is 6.30. The fourth-order valence-electron chi connectivity index (χ4n) is 0.439. The summed E-state index contributed by atoms with van der Waals surface area (Å²) in [6.45, 7) is 4.04. The predicted octanol–water partition coefficient (Wildman–Crippen LogP) is -0.708. The maximum absolute atomic E-state index is 10.3. The number of nitrogens with zero attached hydrogens (tertiary/aromatic N) is 1. The standard InChI is InChI=1S/C6H12N2O.C3H9N.H2O4S/c1-5(6(8)9)3-2-4-7;1-4(2)3;1-5(2,3)4/h1-4,7H2,(H2,8,9);1-3H3;(H2,1,2,3,4). The zero-order valence-corrected chi connectivity index (χ0v) is 11.8. The molecule has 0 aliphatic carbocycles. The normalized spacial score (nSPS) is 9.72. The summed E-state index contributed by atoms with van der Waals surface area (Å²) >= 11 is 0. The van der Waals surface area contributed by atoms with Crippen molar-refractivity contribution >= 4 is 16.3 Å². The second-order valence-electron chi connectivity index (χ2n) is 3.65. The van der Waals surface area contributed by atoms with E-state index in [4.69, 9.17) is 29.0 Å². The van der Waals surface area contributed by atoms with E-state index < -0.39 is 16.3 Å². The molecule has 0 rings (SSSR count). The lowest BCUT2D eigenvalue weighted by Crippen LogP contribution is -2.13. The Hall–Kier alpha value is -1.00. The largest absolute Gasteiger partial charge is 0.394 e. The van der Waals surface area contributed by atoms with Gasteiger partial charge in [-0.2, -0.15) is 8.42 Å². The minimum atomic E-state index is -4.67. The fraction of sp³-hybridized carbons (Fsp3) is 0.667. The molecule has 0 aromatic heterocycles. The zero-order chi connectivity index (χ0) is 15.4. The molecule has 110 valence electrons. The number of rotatable bonds is 4. The Morgan fingerprint density at radius 2 is 1.56 bits per heavy atom. The molecule has 0 atom stereocenters. The summed E-state index contributed by atoms with van der Waals surface area (Å²) in [6, 6.07) is 0. The van der Waals surface area contributed by atoms with Crippen molar-refractivity contribution in [3.8, 4) is 0 Å². The number of hydrogen-bond donors (Lipinski definition) is 4. The van der Waals surface area contributed by atoms with Gasteiger partial charge >= 0.3 is 10.4 Å². The molecule has 1 amide bonds. The summed E-state index contributed by atoms with van der Waals surface area (Å²) in [5.74, 6) is -0.427. The SMILES string of the molecule is C=C(CCCN)C(N)=O.CN(C)C.O=S(=O)(O)O. The maximum Gasteiger partial charge on any atom is 0.394 e. The van der Waals surface area contributed by atoms with Crippen LogP contribution < -0.4 is 11.5 Å². The summed E-state index contributed by atoms with van der Waals surface area (Å²) in [5.41, 5.74) is 10.5.